The summed E-state index contributed by atoms with van der Waals surface area (Å²) in [6.45, 7) is 0. The molecule has 2 aromatic heterocycles. The van der Waals surface area contributed by atoms with Crippen molar-refractivity contribution in [2.24, 2.45) is 0 Å². The standard InChI is InChI=1S/C19H11F3N4O3S/c20-19(21,22)11-2-1-3-12(9-11)23-18(27)10-4-5-13-14(8-10)25-17(24-13)15-6-7-16(30-15)26(28)29/h1-9H,(H,23,27)(H,24,25). The zero-order chi connectivity index (χ0) is 21.5. The maximum Gasteiger partial charge on any atom is 0.416 e. The fourth-order valence-corrected chi connectivity index (χ4v) is 3.56. The molecule has 4 aromatic rings. The molecule has 2 heterocycles. The summed E-state index contributed by atoms with van der Waals surface area (Å²) in [5.41, 5.74) is 0.423. The van der Waals surface area contributed by atoms with Gasteiger partial charge in [-0.2, -0.15) is 13.2 Å². The molecule has 0 saturated carbocycles. The molecule has 7 nitrogen and oxygen atoms in total. The molecule has 0 fully saturated rings. The van der Waals surface area contributed by atoms with Gasteiger partial charge in [0.1, 0.15) is 5.82 Å². The second-order valence-corrected chi connectivity index (χ2v) is 7.31. The van der Waals surface area contributed by atoms with Crippen molar-refractivity contribution < 1.29 is 22.9 Å². The van der Waals surface area contributed by atoms with Crippen LogP contribution in [0, 0.1) is 10.1 Å². The second-order valence-electron chi connectivity index (χ2n) is 6.25. The molecule has 0 aliphatic rings. The van der Waals surface area contributed by atoms with Gasteiger partial charge in [0, 0.05) is 17.3 Å². The van der Waals surface area contributed by atoms with Crippen molar-refractivity contribution in [1.82, 2.24) is 9.97 Å². The number of thiophene rings is 1. The number of imidazole rings is 1. The molecule has 11 heteroatoms. The molecule has 2 aromatic carbocycles. The molecule has 1 amide bonds. The van der Waals surface area contributed by atoms with Crippen LogP contribution in [0.4, 0.5) is 23.9 Å². The number of nitrogens with one attached hydrogen (secondary N) is 2. The number of hydrogen-bond donors (Lipinski definition) is 2. The smallest absolute Gasteiger partial charge is 0.337 e. The highest BCUT2D eigenvalue weighted by atomic mass is 32.1. The number of aromatic amines is 1. The van der Waals surface area contributed by atoms with E-state index in [1.54, 1.807) is 12.1 Å². The van der Waals surface area contributed by atoms with Crippen molar-refractivity contribution >= 4 is 39.0 Å². The van der Waals surface area contributed by atoms with Crippen molar-refractivity contribution in [3.05, 3.63) is 75.8 Å². The van der Waals surface area contributed by atoms with Gasteiger partial charge in [0.25, 0.3) is 5.91 Å². The van der Waals surface area contributed by atoms with E-state index in [1.165, 1.54) is 30.3 Å². The first-order valence-corrected chi connectivity index (χ1v) is 9.25. The first kappa shape index (κ1) is 19.6. The van der Waals surface area contributed by atoms with Gasteiger partial charge in [0.2, 0.25) is 0 Å². The number of nitrogens with zero attached hydrogens (tertiary/aromatic N) is 2. The van der Waals surface area contributed by atoms with E-state index in [-0.39, 0.29) is 16.3 Å². The number of amides is 1. The predicted octanol–water partition coefficient (Wildman–Crippen LogP) is 5.47. The molecule has 0 spiro atoms. The summed E-state index contributed by atoms with van der Waals surface area (Å²) in [7, 11) is 0. The minimum Gasteiger partial charge on any atom is -0.337 e. The summed E-state index contributed by atoms with van der Waals surface area (Å²) in [5.74, 6) is -0.169. The number of alkyl halides is 3. The van der Waals surface area contributed by atoms with Crippen LogP contribution < -0.4 is 5.32 Å². The number of benzene rings is 2. The molecule has 0 unspecified atom stereocenters. The van der Waals surface area contributed by atoms with Crippen LogP contribution >= 0.6 is 11.3 Å². The van der Waals surface area contributed by atoms with Gasteiger partial charge in [-0.15, -0.1) is 0 Å². The van der Waals surface area contributed by atoms with E-state index >= 15 is 0 Å². The summed E-state index contributed by atoms with van der Waals surface area (Å²) in [6.07, 6.45) is -4.51. The number of carbonyl (C=O) groups excluding carboxylic acids is 1. The minimum atomic E-state index is -4.51. The average Bonchev–Trinajstić information content (AvgIpc) is 3.34. The van der Waals surface area contributed by atoms with Crippen molar-refractivity contribution in [2.45, 2.75) is 6.18 Å². The summed E-state index contributed by atoms with van der Waals surface area (Å²) >= 11 is 0.961. The van der Waals surface area contributed by atoms with Crippen LogP contribution in [0.25, 0.3) is 21.7 Å². The van der Waals surface area contributed by atoms with E-state index < -0.39 is 22.6 Å². The van der Waals surface area contributed by atoms with E-state index in [0.29, 0.717) is 21.7 Å². The third-order valence-corrected chi connectivity index (χ3v) is 5.24. The number of rotatable bonds is 4. The Hall–Kier alpha value is -3.73. The number of nitro groups is 1. The fourth-order valence-electron chi connectivity index (χ4n) is 2.80. The molecule has 0 aliphatic carbocycles. The number of carbonyl (C=O) groups is 1. The van der Waals surface area contributed by atoms with Gasteiger partial charge in [0.15, 0.2) is 0 Å². The molecule has 0 saturated heterocycles. The van der Waals surface area contributed by atoms with Gasteiger partial charge in [-0.1, -0.05) is 17.4 Å². The lowest BCUT2D eigenvalue weighted by Crippen LogP contribution is -2.13. The molecule has 152 valence electrons. The zero-order valence-electron chi connectivity index (χ0n) is 14.9. The van der Waals surface area contributed by atoms with Crippen molar-refractivity contribution in [3.63, 3.8) is 0 Å². The Bertz CT molecular complexity index is 1280. The minimum absolute atomic E-state index is 0.0196. The van der Waals surface area contributed by atoms with E-state index in [0.717, 1.165) is 23.5 Å². The van der Waals surface area contributed by atoms with Crippen LogP contribution in [-0.4, -0.2) is 20.8 Å². The molecule has 0 radical (unpaired) electrons. The number of anilines is 1. The summed E-state index contributed by atoms with van der Waals surface area (Å²) in [6, 6.07) is 11.9. The lowest BCUT2D eigenvalue weighted by Gasteiger charge is -2.10. The van der Waals surface area contributed by atoms with Crippen LogP contribution in [0.3, 0.4) is 0 Å². The van der Waals surface area contributed by atoms with Gasteiger partial charge in [-0.05, 0) is 42.5 Å². The molecule has 0 bridgehead atoms. The van der Waals surface area contributed by atoms with E-state index in [4.69, 9.17) is 0 Å². The number of hydrogen-bond acceptors (Lipinski definition) is 5. The summed E-state index contributed by atoms with van der Waals surface area (Å²) in [5, 5.41) is 13.3. The highest BCUT2D eigenvalue weighted by molar-refractivity contribution is 7.18. The molecule has 0 atom stereocenters. The third kappa shape index (κ3) is 3.87. The molecule has 0 aliphatic heterocycles. The Kier molecular flexibility index (Phi) is 4.74. The van der Waals surface area contributed by atoms with Crippen LogP contribution in [0.1, 0.15) is 15.9 Å². The Labute approximate surface area is 170 Å². The zero-order valence-corrected chi connectivity index (χ0v) is 15.7. The first-order chi connectivity index (χ1) is 14.2. The number of fused-ring (bicyclic) bond motifs is 1. The normalized spacial score (nSPS) is 11.6. The molecular formula is C19H11F3N4O3S. The van der Waals surface area contributed by atoms with Gasteiger partial charge < -0.3 is 10.3 Å². The maximum atomic E-state index is 12.8. The van der Waals surface area contributed by atoms with Gasteiger partial charge in [-0.3, -0.25) is 14.9 Å². The monoisotopic (exact) mass is 432 g/mol. The lowest BCUT2D eigenvalue weighted by atomic mass is 10.1. The molecule has 2 N–H and O–H groups in total. The van der Waals surface area contributed by atoms with Crippen LogP contribution in [-0.2, 0) is 6.18 Å². The van der Waals surface area contributed by atoms with Gasteiger partial charge in [-0.25, -0.2) is 4.98 Å². The largest absolute Gasteiger partial charge is 0.416 e. The Morgan fingerprint density at radius 2 is 1.93 bits per heavy atom. The predicted molar refractivity (Wildman–Crippen MR) is 105 cm³/mol. The quantitative estimate of drug-likeness (QED) is 0.330. The molecule has 30 heavy (non-hydrogen) atoms. The highest BCUT2D eigenvalue weighted by Crippen LogP contribution is 2.33. The number of halogens is 3. The maximum absolute atomic E-state index is 12.8. The fraction of sp³-hybridized carbons (Fsp3) is 0.0526. The summed E-state index contributed by atoms with van der Waals surface area (Å²) in [4.78, 5) is 30.7. The van der Waals surface area contributed by atoms with Crippen LogP contribution in [0.5, 0.6) is 0 Å². The van der Waals surface area contributed by atoms with Crippen molar-refractivity contribution in [3.8, 4) is 10.7 Å². The Morgan fingerprint density at radius 1 is 1.13 bits per heavy atom. The Balaban J connectivity index is 1.59. The summed E-state index contributed by atoms with van der Waals surface area (Å²) < 4.78 is 38.5. The Morgan fingerprint density at radius 3 is 2.63 bits per heavy atom. The van der Waals surface area contributed by atoms with Crippen molar-refractivity contribution in [2.75, 3.05) is 5.32 Å². The lowest BCUT2D eigenvalue weighted by molar-refractivity contribution is -0.380. The molecular weight excluding hydrogens is 421 g/mol. The molecule has 4 rings (SSSR count). The van der Waals surface area contributed by atoms with Crippen molar-refractivity contribution in [1.29, 1.82) is 0 Å². The van der Waals surface area contributed by atoms with Crippen LogP contribution in [0.2, 0.25) is 0 Å². The number of H-pyrrole nitrogens is 1. The third-order valence-electron chi connectivity index (χ3n) is 4.20. The van der Waals surface area contributed by atoms with Gasteiger partial charge >= 0.3 is 11.2 Å². The second kappa shape index (κ2) is 7.26. The van der Waals surface area contributed by atoms with E-state index in [1.807, 2.05) is 0 Å². The van der Waals surface area contributed by atoms with Gasteiger partial charge in [0.05, 0.1) is 26.4 Å². The number of aromatic nitrogens is 2. The average molecular weight is 432 g/mol. The van der Waals surface area contributed by atoms with E-state index in [2.05, 4.69) is 15.3 Å². The first-order valence-electron chi connectivity index (χ1n) is 8.44. The highest BCUT2D eigenvalue weighted by Gasteiger charge is 2.30. The topological polar surface area (TPSA) is 101 Å². The van der Waals surface area contributed by atoms with Crippen LogP contribution in [0.15, 0.2) is 54.6 Å². The SMILES string of the molecule is O=C(Nc1cccc(C(F)(F)F)c1)c1ccc2nc(-c3ccc([N+](=O)[O-])s3)[nH]c2c1. The van der Waals surface area contributed by atoms with E-state index in [9.17, 15) is 28.1 Å².